The van der Waals surface area contributed by atoms with Gasteiger partial charge in [-0.05, 0) is 49.2 Å². The van der Waals surface area contributed by atoms with E-state index in [0.717, 1.165) is 10.5 Å². The Morgan fingerprint density at radius 1 is 1.15 bits per heavy atom. The summed E-state index contributed by atoms with van der Waals surface area (Å²) in [5, 5.41) is 2.36. The van der Waals surface area contributed by atoms with Gasteiger partial charge < -0.3 is 5.32 Å². The van der Waals surface area contributed by atoms with Gasteiger partial charge in [-0.25, -0.2) is 17.2 Å². The SMILES string of the molecule is O=C(Nc1cccc(F)c1F)C1CCCN(S(=O)(=O)c2ccc(Br)cc2)C1. The van der Waals surface area contributed by atoms with E-state index in [1.54, 1.807) is 12.1 Å². The third kappa shape index (κ3) is 4.36. The third-order valence-electron chi connectivity index (χ3n) is 4.42. The molecule has 5 nitrogen and oxygen atoms in total. The van der Waals surface area contributed by atoms with Gasteiger partial charge in [0.05, 0.1) is 16.5 Å². The molecule has 0 spiro atoms. The number of amides is 1. The van der Waals surface area contributed by atoms with Crippen LogP contribution in [0.5, 0.6) is 0 Å². The zero-order valence-corrected chi connectivity index (χ0v) is 16.6. The fraction of sp³-hybridized carbons (Fsp3) is 0.278. The van der Waals surface area contributed by atoms with E-state index in [1.165, 1.54) is 28.6 Å². The average molecular weight is 459 g/mol. The Hall–Kier alpha value is -1.84. The molecule has 9 heteroatoms. The van der Waals surface area contributed by atoms with Crippen LogP contribution in [0.4, 0.5) is 14.5 Å². The highest BCUT2D eigenvalue weighted by Crippen LogP contribution is 2.26. The van der Waals surface area contributed by atoms with Crippen LogP contribution in [-0.4, -0.2) is 31.7 Å². The monoisotopic (exact) mass is 458 g/mol. The smallest absolute Gasteiger partial charge is 0.243 e. The summed E-state index contributed by atoms with van der Waals surface area (Å²) in [5.74, 6) is -3.38. The summed E-state index contributed by atoms with van der Waals surface area (Å²) in [5.41, 5.74) is -0.257. The van der Waals surface area contributed by atoms with Crippen molar-refractivity contribution in [2.45, 2.75) is 17.7 Å². The van der Waals surface area contributed by atoms with Crippen LogP contribution in [0, 0.1) is 17.6 Å². The maximum absolute atomic E-state index is 13.7. The molecule has 27 heavy (non-hydrogen) atoms. The molecule has 0 aromatic heterocycles. The van der Waals surface area contributed by atoms with Gasteiger partial charge >= 0.3 is 0 Å². The Labute approximate surface area is 164 Å². The number of sulfonamides is 1. The summed E-state index contributed by atoms with van der Waals surface area (Å²) < 4.78 is 54.6. The van der Waals surface area contributed by atoms with Crippen molar-refractivity contribution in [3.05, 3.63) is 58.6 Å². The lowest BCUT2D eigenvalue weighted by molar-refractivity contribution is -0.120. The minimum atomic E-state index is -3.73. The molecule has 1 aliphatic heterocycles. The lowest BCUT2D eigenvalue weighted by Crippen LogP contribution is -2.43. The van der Waals surface area contributed by atoms with E-state index >= 15 is 0 Å². The first-order valence-corrected chi connectivity index (χ1v) is 10.5. The minimum absolute atomic E-state index is 0.0127. The molecule has 1 aliphatic rings. The molecule has 1 atom stereocenters. The molecule has 1 fully saturated rings. The second-order valence-corrected chi connectivity index (χ2v) is 9.10. The zero-order valence-electron chi connectivity index (χ0n) is 14.2. The van der Waals surface area contributed by atoms with Crippen LogP contribution in [0.25, 0.3) is 0 Å². The molecule has 1 N–H and O–H groups in total. The Kier molecular flexibility index (Phi) is 5.92. The standard InChI is InChI=1S/C18H17BrF2N2O3S/c19-13-6-8-14(9-7-13)27(25,26)23-10-2-3-12(11-23)18(24)22-16-5-1-4-15(20)17(16)21/h1,4-9,12H,2-3,10-11H2,(H,22,24). The lowest BCUT2D eigenvalue weighted by Gasteiger charge is -2.31. The van der Waals surface area contributed by atoms with E-state index in [1.807, 2.05) is 0 Å². The van der Waals surface area contributed by atoms with Gasteiger partial charge in [0.15, 0.2) is 11.6 Å². The van der Waals surface area contributed by atoms with Gasteiger partial charge in [-0.2, -0.15) is 4.31 Å². The topological polar surface area (TPSA) is 66.5 Å². The predicted octanol–water partition coefficient (Wildman–Crippen LogP) is 3.77. The fourth-order valence-electron chi connectivity index (χ4n) is 2.97. The van der Waals surface area contributed by atoms with Gasteiger partial charge in [0.25, 0.3) is 0 Å². The van der Waals surface area contributed by atoms with Crippen molar-refractivity contribution in [3.8, 4) is 0 Å². The summed E-state index contributed by atoms with van der Waals surface area (Å²) >= 11 is 3.26. The van der Waals surface area contributed by atoms with Gasteiger partial charge in [-0.15, -0.1) is 0 Å². The first kappa shape index (κ1) is 19.9. The molecule has 1 heterocycles. The Bertz CT molecular complexity index is 952. The maximum atomic E-state index is 13.7. The van der Waals surface area contributed by atoms with Crippen LogP contribution in [-0.2, 0) is 14.8 Å². The van der Waals surface area contributed by atoms with Gasteiger partial charge in [0.2, 0.25) is 15.9 Å². The normalized spacial score (nSPS) is 18.3. The molecular weight excluding hydrogens is 442 g/mol. The molecule has 0 bridgehead atoms. The number of nitrogens with one attached hydrogen (secondary N) is 1. The molecule has 1 unspecified atom stereocenters. The van der Waals surface area contributed by atoms with Gasteiger partial charge in [-0.1, -0.05) is 22.0 Å². The number of rotatable bonds is 4. The van der Waals surface area contributed by atoms with Gasteiger partial charge in [0.1, 0.15) is 0 Å². The third-order valence-corrected chi connectivity index (χ3v) is 6.82. The molecule has 0 aliphatic carbocycles. The van der Waals surface area contributed by atoms with Crippen LogP contribution >= 0.6 is 15.9 Å². The van der Waals surface area contributed by atoms with Crippen LogP contribution in [0.15, 0.2) is 51.8 Å². The summed E-state index contributed by atoms with van der Waals surface area (Å²) in [7, 11) is -3.73. The highest BCUT2D eigenvalue weighted by molar-refractivity contribution is 9.10. The van der Waals surface area contributed by atoms with Crippen molar-refractivity contribution in [3.63, 3.8) is 0 Å². The highest BCUT2D eigenvalue weighted by Gasteiger charge is 2.33. The number of benzene rings is 2. The molecule has 0 saturated carbocycles. The number of carbonyl (C=O) groups excluding carboxylic acids is 1. The van der Waals surface area contributed by atoms with Crippen molar-refractivity contribution < 1.29 is 22.0 Å². The number of nitrogens with zero attached hydrogens (tertiary/aromatic N) is 1. The number of hydrogen-bond donors (Lipinski definition) is 1. The number of carbonyl (C=O) groups is 1. The Morgan fingerprint density at radius 2 is 1.85 bits per heavy atom. The molecule has 1 saturated heterocycles. The van der Waals surface area contributed by atoms with E-state index in [2.05, 4.69) is 21.2 Å². The van der Waals surface area contributed by atoms with E-state index in [0.29, 0.717) is 19.4 Å². The van der Waals surface area contributed by atoms with E-state index in [-0.39, 0.29) is 17.1 Å². The highest BCUT2D eigenvalue weighted by atomic mass is 79.9. The maximum Gasteiger partial charge on any atom is 0.243 e. The average Bonchev–Trinajstić information content (AvgIpc) is 2.66. The van der Waals surface area contributed by atoms with Crippen LogP contribution in [0.1, 0.15) is 12.8 Å². The van der Waals surface area contributed by atoms with E-state index < -0.39 is 33.5 Å². The van der Waals surface area contributed by atoms with Crippen molar-refractivity contribution in [1.29, 1.82) is 0 Å². The number of hydrogen-bond acceptors (Lipinski definition) is 3. The second kappa shape index (κ2) is 8.04. The summed E-state index contributed by atoms with van der Waals surface area (Å²) in [6.07, 6.45) is 0.967. The van der Waals surface area contributed by atoms with Crippen molar-refractivity contribution >= 4 is 37.5 Å². The van der Waals surface area contributed by atoms with Crippen molar-refractivity contribution in [2.24, 2.45) is 5.92 Å². The number of halogens is 3. The van der Waals surface area contributed by atoms with Crippen LogP contribution in [0.2, 0.25) is 0 Å². The lowest BCUT2D eigenvalue weighted by atomic mass is 9.98. The Morgan fingerprint density at radius 3 is 2.56 bits per heavy atom. The molecule has 2 aromatic rings. The van der Waals surface area contributed by atoms with Crippen molar-refractivity contribution in [1.82, 2.24) is 4.31 Å². The molecule has 3 rings (SSSR count). The van der Waals surface area contributed by atoms with Crippen molar-refractivity contribution in [2.75, 3.05) is 18.4 Å². The quantitative estimate of drug-likeness (QED) is 0.758. The largest absolute Gasteiger partial charge is 0.323 e. The number of piperidine rings is 1. The van der Waals surface area contributed by atoms with Crippen LogP contribution < -0.4 is 5.32 Å². The molecular formula is C18H17BrF2N2O3S. The summed E-state index contributed by atoms with van der Waals surface area (Å²) in [4.78, 5) is 12.6. The van der Waals surface area contributed by atoms with Gasteiger partial charge in [-0.3, -0.25) is 4.79 Å². The molecule has 0 radical (unpaired) electrons. The van der Waals surface area contributed by atoms with E-state index in [4.69, 9.17) is 0 Å². The number of anilines is 1. The molecule has 2 aromatic carbocycles. The first-order chi connectivity index (χ1) is 12.8. The summed E-state index contributed by atoms with van der Waals surface area (Å²) in [6, 6.07) is 9.75. The summed E-state index contributed by atoms with van der Waals surface area (Å²) in [6.45, 7) is 0.289. The van der Waals surface area contributed by atoms with Crippen LogP contribution in [0.3, 0.4) is 0 Å². The molecule has 1 amide bonds. The minimum Gasteiger partial charge on any atom is -0.323 e. The van der Waals surface area contributed by atoms with E-state index in [9.17, 15) is 22.0 Å². The first-order valence-electron chi connectivity index (χ1n) is 8.29. The Balaban J connectivity index is 1.74. The van der Waals surface area contributed by atoms with Gasteiger partial charge in [0, 0.05) is 17.6 Å². The predicted molar refractivity (Wildman–Crippen MR) is 101 cm³/mol. The zero-order chi connectivity index (χ0) is 19.6. The second-order valence-electron chi connectivity index (χ2n) is 6.25. The fourth-order valence-corrected chi connectivity index (χ4v) is 4.75. The molecule has 144 valence electrons.